The summed E-state index contributed by atoms with van der Waals surface area (Å²) in [7, 11) is -7.58. The molecule has 2 aliphatic heterocycles. The summed E-state index contributed by atoms with van der Waals surface area (Å²) in [6.07, 6.45) is 2.21. The molecular formula is C20H34Cl2N3O11P3. The first-order chi connectivity index (χ1) is 18.5. The highest BCUT2D eigenvalue weighted by Gasteiger charge is 2.42. The van der Waals surface area contributed by atoms with Gasteiger partial charge in [-0.3, -0.25) is 9.05 Å². The summed E-state index contributed by atoms with van der Waals surface area (Å²) in [4.78, 5) is 24.0. The van der Waals surface area contributed by atoms with Gasteiger partial charge in [-0.15, -0.1) is 4.52 Å². The van der Waals surface area contributed by atoms with Gasteiger partial charge in [0.05, 0.1) is 78.2 Å². The number of hydrogen-bond donors (Lipinski definition) is 0. The number of esters is 2. The van der Waals surface area contributed by atoms with Crippen molar-refractivity contribution in [1.29, 1.82) is 0 Å². The number of carbonyl (C=O) groups excluding carboxylic acids is 2. The molecule has 0 aromatic heterocycles. The molecule has 0 radical (unpaired) electrons. The van der Waals surface area contributed by atoms with Crippen LogP contribution >= 0.6 is 43.7 Å². The maximum atomic E-state index is 12.0. The second kappa shape index (κ2) is 17.1. The van der Waals surface area contributed by atoms with Crippen LogP contribution in [-0.2, 0) is 51.4 Å². The van der Waals surface area contributed by atoms with Gasteiger partial charge in [-0.2, -0.15) is 9.03 Å². The zero-order chi connectivity index (χ0) is 28.8. The Bertz CT molecular complexity index is 1020. The fraction of sp³-hybridized carbons (Fsp3) is 0.700. The lowest BCUT2D eigenvalue weighted by Gasteiger charge is -2.30. The zero-order valence-electron chi connectivity index (χ0n) is 22.2. The third-order valence-electron chi connectivity index (χ3n) is 4.13. The monoisotopic (exact) mass is 655 g/mol. The Kier molecular flexibility index (Phi) is 15.1. The number of halogens is 2. The molecule has 0 spiro atoms. The van der Waals surface area contributed by atoms with Crippen molar-refractivity contribution < 1.29 is 51.4 Å². The van der Waals surface area contributed by atoms with Gasteiger partial charge in [0.15, 0.2) is 0 Å². The van der Waals surface area contributed by atoms with Gasteiger partial charge in [0.25, 0.3) is 5.91 Å². The van der Waals surface area contributed by atoms with Gasteiger partial charge in [-0.1, -0.05) is 0 Å². The lowest BCUT2D eigenvalue weighted by molar-refractivity contribution is -0.138. The summed E-state index contributed by atoms with van der Waals surface area (Å²) in [5.41, 5.74) is 0. The fourth-order valence-corrected chi connectivity index (χ4v) is 13.6. The van der Waals surface area contributed by atoms with E-state index in [1.54, 1.807) is 13.8 Å². The first-order valence-corrected chi connectivity index (χ1v) is 18.5. The molecule has 39 heavy (non-hydrogen) atoms. The standard InChI is InChI=1S/C20H34Cl2N3O11P3/c1-5-31-19(26)15-17(3)35-38-23-37(21,22)24-39(25-38,36-18(4)16-20(27)32-6-2)34-14-12-30-10-8-28-7-9-29-11-13-33-38/h15-16H,5-14H2,1-4H3/b17-15+,18-16+. The van der Waals surface area contributed by atoms with Crippen molar-refractivity contribution in [2.24, 2.45) is 13.5 Å². The average Bonchev–Trinajstić information content (AvgIpc) is 2.80. The second-order valence-corrected chi connectivity index (χ2v) is 16.7. The minimum absolute atomic E-state index is 0.0397. The minimum atomic E-state index is -3.79. The molecule has 0 N–H and O–H groups in total. The molecule has 0 aromatic carbocycles. The SMILES string of the molecule is CCOC(=O)/C=C(\C)OP12=NP(Cl)(Cl)=NP(O/C(C)=C/C(=O)OCC)(=N1)OCCOCCOCCOCCO2. The second-order valence-electron chi connectivity index (χ2n) is 7.41. The van der Waals surface area contributed by atoms with Gasteiger partial charge in [-0.25, -0.2) is 9.59 Å². The van der Waals surface area contributed by atoms with Gasteiger partial charge < -0.3 is 32.7 Å². The van der Waals surface area contributed by atoms with Crippen molar-refractivity contribution in [3.8, 4) is 0 Å². The molecule has 224 valence electrons. The van der Waals surface area contributed by atoms with E-state index in [0.29, 0.717) is 26.4 Å². The molecule has 2 unspecified atom stereocenters. The first kappa shape index (κ1) is 34.3. The molecule has 2 rings (SSSR count). The van der Waals surface area contributed by atoms with Crippen LogP contribution in [0.15, 0.2) is 37.2 Å². The number of ether oxygens (including phenoxy) is 5. The van der Waals surface area contributed by atoms with Crippen LogP contribution in [0.1, 0.15) is 27.7 Å². The van der Waals surface area contributed by atoms with Gasteiger partial charge in [-0.05, 0) is 50.2 Å². The van der Waals surface area contributed by atoms with E-state index < -0.39 is 33.2 Å². The third kappa shape index (κ3) is 13.1. The maximum absolute atomic E-state index is 12.0. The van der Waals surface area contributed by atoms with Gasteiger partial charge in [0.1, 0.15) is 11.5 Å². The molecule has 0 aliphatic carbocycles. The van der Waals surface area contributed by atoms with Crippen LogP contribution in [0, 0.1) is 0 Å². The van der Waals surface area contributed by atoms with Crippen molar-refractivity contribution in [1.82, 2.24) is 0 Å². The molecule has 0 fully saturated rings. The predicted octanol–water partition coefficient (Wildman–Crippen LogP) is 6.38. The summed E-state index contributed by atoms with van der Waals surface area (Å²) in [5, 5.41) is 0. The first-order valence-electron chi connectivity index (χ1n) is 11.9. The van der Waals surface area contributed by atoms with E-state index in [9.17, 15) is 9.59 Å². The summed E-state index contributed by atoms with van der Waals surface area (Å²) in [6, 6.07) is 0. The molecule has 2 bridgehead atoms. The predicted molar refractivity (Wildman–Crippen MR) is 147 cm³/mol. The molecule has 19 heteroatoms. The summed E-state index contributed by atoms with van der Waals surface area (Å²) < 4.78 is 63.6. The minimum Gasteiger partial charge on any atom is -0.463 e. The number of hydrogen-bond acceptors (Lipinski definition) is 14. The quantitative estimate of drug-likeness (QED) is 0.124. The Morgan fingerprint density at radius 2 is 1.08 bits per heavy atom. The number of fused-ring (bicyclic) bond motifs is 1. The van der Waals surface area contributed by atoms with Crippen LogP contribution in [0.2, 0.25) is 0 Å². The number of allylic oxidation sites excluding steroid dienone is 2. The molecule has 2 atom stereocenters. The van der Waals surface area contributed by atoms with E-state index in [4.69, 9.17) is 64.3 Å². The van der Waals surface area contributed by atoms with E-state index in [1.165, 1.54) is 13.8 Å². The van der Waals surface area contributed by atoms with Crippen LogP contribution in [0.25, 0.3) is 0 Å². The van der Waals surface area contributed by atoms with Crippen LogP contribution < -0.4 is 0 Å². The van der Waals surface area contributed by atoms with Crippen molar-refractivity contribution >= 4 is 55.6 Å². The molecule has 14 nitrogen and oxygen atoms in total. The van der Waals surface area contributed by atoms with E-state index in [1.807, 2.05) is 0 Å². The molecule has 0 aromatic rings. The van der Waals surface area contributed by atoms with Gasteiger partial charge in [0.2, 0.25) is 0 Å². The molecule has 0 saturated heterocycles. The van der Waals surface area contributed by atoms with Crippen LogP contribution in [-0.4, -0.2) is 78.0 Å². The Hall–Kier alpha value is -0.910. The van der Waals surface area contributed by atoms with Gasteiger partial charge in [0, 0.05) is 0 Å². The van der Waals surface area contributed by atoms with Crippen molar-refractivity contribution in [3.05, 3.63) is 23.7 Å². The fourth-order valence-electron chi connectivity index (χ4n) is 2.80. The largest absolute Gasteiger partial charge is 0.463 e. The Morgan fingerprint density at radius 3 is 1.49 bits per heavy atom. The Morgan fingerprint density at radius 1 is 0.692 bits per heavy atom. The van der Waals surface area contributed by atoms with Crippen LogP contribution in [0.4, 0.5) is 0 Å². The molecular weight excluding hydrogens is 622 g/mol. The smallest absolute Gasteiger partial charge is 0.401 e. The lowest BCUT2D eigenvalue weighted by Crippen LogP contribution is -2.14. The normalized spacial score (nSPS) is 27.1. The number of nitrogens with zero attached hydrogens (tertiary/aromatic N) is 3. The van der Waals surface area contributed by atoms with E-state index in [2.05, 4.69) is 13.5 Å². The number of carbonyl (C=O) groups is 2. The highest BCUT2D eigenvalue weighted by atomic mass is 35.9. The van der Waals surface area contributed by atoms with E-state index in [0.717, 1.165) is 12.2 Å². The lowest BCUT2D eigenvalue weighted by atomic mass is 10.5. The van der Waals surface area contributed by atoms with Crippen LogP contribution in [0.5, 0.6) is 0 Å². The zero-order valence-corrected chi connectivity index (χ0v) is 26.4. The van der Waals surface area contributed by atoms with E-state index >= 15 is 0 Å². The van der Waals surface area contributed by atoms with Gasteiger partial charge >= 0.3 is 27.3 Å². The summed E-state index contributed by atoms with van der Waals surface area (Å²) >= 11 is 13.1. The van der Waals surface area contributed by atoms with Crippen molar-refractivity contribution in [3.63, 3.8) is 0 Å². The van der Waals surface area contributed by atoms with E-state index in [-0.39, 0.29) is 51.2 Å². The third-order valence-corrected chi connectivity index (χ3v) is 14.0. The molecule has 0 amide bonds. The Labute approximate surface area is 237 Å². The maximum Gasteiger partial charge on any atom is 0.401 e. The molecule has 2 aliphatic rings. The topological polar surface area (TPSA) is 154 Å². The molecule has 0 saturated carbocycles. The van der Waals surface area contributed by atoms with Crippen molar-refractivity contribution in [2.45, 2.75) is 27.7 Å². The highest BCUT2D eigenvalue weighted by molar-refractivity contribution is 8.13. The average molecular weight is 656 g/mol. The highest BCUT2D eigenvalue weighted by Crippen LogP contribution is 2.83. The Balaban J connectivity index is 2.59. The summed E-state index contributed by atoms with van der Waals surface area (Å²) in [6.45, 7) is 8.14. The number of rotatable bonds is 8. The summed E-state index contributed by atoms with van der Waals surface area (Å²) in [5.74, 6) is -4.75. The van der Waals surface area contributed by atoms with Crippen molar-refractivity contribution in [2.75, 3.05) is 66.1 Å². The van der Waals surface area contributed by atoms with Crippen LogP contribution in [0.3, 0.4) is 0 Å². The molecule has 2 heterocycles.